The molecule has 0 rings (SSSR count). The molecule has 0 saturated carbocycles. The highest BCUT2D eigenvalue weighted by Gasteiger charge is 2.27. The van der Waals surface area contributed by atoms with Crippen molar-refractivity contribution >= 4 is 45.2 Å². The lowest BCUT2D eigenvalue weighted by Crippen LogP contribution is -2.09. The molecule has 2 unspecified atom stereocenters. The van der Waals surface area contributed by atoms with Crippen LogP contribution in [-0.4, -0.2) is 20.7 Å². The van der Waals surface area contributed by atoms with Crippen LogP contribution in [0, 0.1) is 5.92 Å². The summed E-state index contributed by atoms with van der Waals surface area (Å²) in [6.07, 6.45) is -1.90. The minimum absolute atomic E-state index is 0.275. The predicted octanol–water partition coefficient (Wildman–Crippen LogP) is 9.28. The standard InChI is InChI=1S/C10H18F3I.C8H14F3I/c1-2-4-9(6-8-14)5-3-7-10(11,12)13;1-2-4-7(12)5-3-6-8(9,10)11/h9H,2-8H2,1H3;7H,2-6H2,1H3. The van der Waals surface area contributed by atoms with E-state index in [0.29, 0.717) is 22.7 Å². The van der Waals surface area contributed by atoms with E-state index in [9.17, 15) is 26.3 Å². The molecule has 0 amide bonds. The fourth-order valence-corrected chi connectivity index (χ4v) is 4.51. The average Bonchev–Trinajstić information content (AvgIpc) is 2.46. The van der Waals surface area contributed by atoms with Crippen molar-refractivity contribution in [3.8, 4) is 0 Å². The Morgan fingerprint density at radius 2 is 1.15 bits per heavy atom. The highest BCUT2D eigenvalue weighted by Crippen LogP contribution is 2.27. The summed E-state index contributed by atoms with van der Waals surface area (Å²) >= 11 is 4.51. The van der Waals surface area contributed by atoms with Gasteiger partial charge in [0.25, 0.3) is 0 Å². The molecule has 0 fully saturated rings. The molecule has 0 nitrogen and oxygen atoms in total. The van der Waals surface area contributed by atoms with Crippen LogP contribution >= 0.6 is 45.2 Å². The van der Waals surface area contributed by atoms with Crippen molar-refractivity contribution in [2.45, 2.75) is 101 Å². The summed E-state index contributed by atoms with van der Waals surface area (Å²) in [5, 5.41) is 0. The molecule has 2 atom stereocenters. The summed E-state index contributed by atoms with van der Waals surface area (Å²) in [7, 11) is 0. The molecule has 160 valence electrons. The van der Waals surface area contributed by atoms with E-state index >= 15 is 0 Å². The molecule has 8 heteroatoms. The van der Waals surface area contributed by atoms with Gasteiger partial charge in [-0.05, 0) is 42.4 Å². The maximum Gasteiger partial charge on any atom is 0.389 e. The van der Waals surface area contributed by atoms with Crippen LogP contribution in [0.4, 0.5) is 26.3 Å². The Morgan fingerprint density at radius 3 is 1.54 bits per heavy atom. The summed E-state index contributed by atoms with van der Waals surface area (Å²) in [4.78, 5) is 0. The van der Waals surface area contributed by atoms with Crippen LogP contribution in [0.2, 0.25) is 0 Å². The van der Waals surface area contributed by atoms with Gasteiger partial charge in [0.15, 0.2) is 0 Å². The zero-order chi connectivity index (χ0) is 20.6. The normalized spacial score (nSPS) is 14.5. The van der Waals surface area contributed by atoms with E-state index in [1.54, 1.807) is 0 Å². The fraction of sp³-hybridized carbons (Fsp3) is 1.00. The van der Waals surface area contributed by atoms with Gasteiger partial charge in [0.2, 0.25) is 0 Å². The predicted molar refractivity (Wildman–Crippen MR) is 114 cm³/mol. The van der Waals surface area contributed by atoms with Gasteiger partial charge < -0.3 is 0 Å². The first-order valence-corrected chi connectivity index (χ1v) is 12.1. The molecule has 0 aliphatic rings. The van der Waals surface area contributed by atoms with Gasteiger partial charge in [-0.15, -0.1) is 0 Å². The highest BCUT2D eigenvalue weighted by atomic mass is 127. The zero-order valence-corrected chi connectivity index (χ0v) is 20.0. The van der Waals surface area contributed by atoms with Crippen LogP contribution in [0.15, 0.2) is 0 Å². The SMILES string of the molecule is CCCC(CCI)CCCC(F)(F)F.CCCC(I)CCCC(F)(F)F. The van der Waals surface area contributed by atoms with Gasteiger partial charge in [0.1, 0.15) is 0 Å². The smallest absolute Gasteiger partial charge is 0.171 e. The monoisotopic (exact) mass is 616 g/mol. The van der Waals surface area contributed by atoms with E-state index in [0.717, 1.165) is 43.0 Å². The molecular formula is C18H32F6I2. The molecule has 0 spiro atoms. The molecule has 0 aromatic carbocycles. The molecule has 0 N–H and O–H groups in total. The van der Waals surface area contributed by atoms with Crippen molar-refractivity contribution in [2.75, 3.05) is 4.43 Å². The average molecular weight is 616 g/mol. The first-order chi connectivity index (χ1) is 11.9. The lowest BCUT2D eigenvalue weighted by atomic mass is 9.94. The molecule has 0 aromatic rings. The van der Waals surface area contributed by atoms with Crippen molar-refractivity contribution in [1.29, 1.82) is 0 Å². The van der Waals surface area contributed by atoms with Gasteiger partial charge >= 0.3 is 12.4 Å². The summed E-state index contributed by atoms with van der Waals surface area (Å²) < 4.78 is 72.2. The van der Waals surface area contributed by atoms with Crippen LogP contribution in [0.1, 0.15) is 84.5 Å². The summed E-state index contributed by atoms with van der Waals surface area (Å²) in [6.45, 7) is 4.14. The Balaban J connectivity index is 0. The number of rotatable bonds is 12. The van der Waals surface area contributed by atoms with Crippen LogP contribution in [0.3, 0.4) is 0 Å². The number of hydrogen-bond donors (Lipinski definition) is 0. The lowest BCUT2D eigenvalue weighted by molar-refractivity contribution is -0.136. The second-order valence-corrected chi connectivity index (χ2v) is 9.37. The molecular weight excluding hydrogens is 584 g/mol. The van der Waals surface area contributed by atoms with Crippen LogP contribution < -0.4 is 0 Å². The Labute approximate surface area is 181 Å². The van der Waals surface area contributed by atoms with E-state index in [1.165, 1.54) is 0 Å². The van der Waals surface area contributed by atoms with E-state index in [2.05, 4.69) is 59.0 Å². The number of halogens is 8. The van der Waals surface area contributed by atoms with Crippen molar-refractivity contribution in [1.82, 2.24) is 0 Å². The molecule has 0 heterocycles. The van der Waals surface area contributed by atoms with E-state index < -0.39 is 25.2 Å². The van der Waals surface area contributed by atoms with E-state index in [-0.39, 0.29) is 6.42 Å². The summed E-state index contributed by atoms with van der Waals surface area (Å²) in [6, 6.07) is 0. The summed E-state index contributed by atoms with van der Waals surface area (Å²) in [5.41, 5.74) is 0. The van der Waals surface area contributed by atoms with Crippen molar-refractivity contribution in [3.63, 3.8) is 0 Å². The minimum Gasteiger partial charge on any atom is -0.171 e. The molecule has 0 saturated heterocycles. The molecule has 0 bridgehead atoms. The van der Waals surface area contributed by atoms with Gasteiger partial charge in [-0.2, -0.15) is 26.3 Å². The third kappa shape index (κ3) is 25.0. The Bertz CT molecular complexity index is 299. The second-order valence-electron chi connectivity index (χ2n) is 6.53. The topological polar surface area (TPSA) is 0 Å². The number of alkyl halides is 8. The van der Waals surface area contributed by atoms with Crippen LogP contribution in [0.5, 0.6) is 0 Å². The fourth-order valence-electron chi connectivity index (χ4n) is 2.57. The van der Waals surface area contributed by atoms with Gasteiger partial charge in [0, 0.05) is 16.8 Å². The Kier molecular flexibility index (Phi) is 19.1. The largest absolute Gasteiger partial charge is 0.389 e. The highest BCUT2D eigenvalue weighted by molar-refractivity contribution is 14.1. The van der Waals surface area contributed by atoms with E-state index in [1.807, 2.05) is 0 Å². The van der Waals surface area contributed by atoms with Gasteiger partial charge in [-0.1, -0.05) is 84.7 Å². The van der Waals surface area contributed by atoms with Crippen molar-refractivity contribution in [2.24, 2.45) is 5.92 Å². The maximum absolute atomic E-state index is 11.9. The first kappa shape index (κ1) is 29.2. The van der Waals surface area contributed by atoms with Crippen LogP contribution in [-0.2, 0) is 0 Å². The number of hydrogen-bond acceptors (Lipinski definition) is 0. The van der Waals surface area contributed by atoms with Crippen LogP contribution in [0.25, 0.3) is 0 Å². The van der Waals surface area contributed by atoms with Crippen molar-refractivity contribution in [3.05, 3.63) is 0 Å². The molecule has 0 radical (unpaired) electrons. The quantitative estimate of drug-likeness (QED) is 0.117. The third-order valence-corrected chi connectivity index (χ3v) is 5.73. The van der Waals surface area contributed by atoms with E-state index in [4.69, 9.17) is 0 Å². The summed E-state index contributed by atoms with van der Waals surface area (Å²) in [5.74, 6) is 0.499. The molecule has 26 heavy (non-hydrogen) atoms. The van der Waals surface area contributed by atoms with Gasteiger partial charge in [0.05, 0.1) is 0 Å². The van der Waals surface area contributed by atoms with Gasteiger partial charge in [-0.25, -0.2) is 0 Å². The van der Waals surface area contributed by atoms with Crippen molar-refractivity contribution < 1.29 is 26.3 Å². The second kappa shape index (κ2) is 16.9. The Morgan fingerprint density at radius 1 is 0.692 bits per heavy atom. The maximum atomic E-state index is 11.9. The third-order valence-electron chi connectivity index (χ3n) is 3.87. The van der Waals surface area contributed by atoms with Gasteiger partial charge in [-0.3, -0.25) is 0 Å². The first-order valence-electron chi connectivity index (χ1n) is 9.28. The molecule has 0 aliphatic carbocycles. The lowest BCUT2D eigenvalue weighted by Gasteiger charge is -2.15. The molecule has 0 aromatic heterocycles. The zero-order valence-electron chi connectivity index (χ0n) is 15.7. The Hall–Kier alpha value is 1.04. The minimum atomic E-state index is -3.97. The molecule has 0 aliphatic heterocycles.